The standard InChI is InChI=1S/C15H19N3O3S/c1-22-8-13(19)18-7-11-6-17(12-2-4-16-5-3-12)9-15(11,10-18)14(20)21/h2-5,11H,6-10H2,1H3,(H,20,21)/t11-,15-/m1/s1. The van der Waals surface area contributed by atoms with Crippen LogP contribution in [-0.4, -0.2) is 65.1 Å². The lowest BCUT2D eigenvalue weighted by atomic mass is 9.81. The molecule has 2 fully saturated rings. The molecule has 3 heterocycles. The van der Waals surface area contributed by atoms with Gasteiger partial charge in [-0.3, -0.25) is 14.6 Å². The summed E-state index contributed by atoms with van der Waals surface area (Å²) in [6.07, 6.45) is 5.31. The molecule has 1 aromatic rings. The van der Waals surface area contributed by atoms with Gasteiger partial charge in [-0.15, -0.1) is 0 Å². The van der Waals surface area contributed by atoms with Crippen LogP contribution in [0.2, 0.25) is 0 Å². The molecule has 1 aromatic heterocycles. The first-order valence-corrected chi connectivity index (χ1v) is 8.61. The zero-order chi connectivity index (χ0) is 15.7. The molecule has 7 heteroatoms. The molecule has 3 rings (SSSR count). The van der Waals surface area contributed by atoms with Gasteiger partial charge in [0.2, 0.25) is 5.91 Å². The number of rotatable bonds is 4. The zero-order valence-electron chi connectivity index (χ0n) is 12.4. The Morgan fingerprint density at radius 3 is 2.68 bits per heavy atom. The molecule has 2 atom stereocenters. The molecular formula is C15H19N3O3S. The van der Waals surface area contributed by atoms with Crippen LogP contribution < -0.4 is 4.90 Å². The molecule has 2 saturated heterocycles. The minimum absolute atomic E-state index is 0.0241. The molecular weight excluding hydrogens is 302 g/mol. The summed E-state index contributed by atoms with van der Waals surface area (Å²) < 4.78 is 0. The Morgan fingerprint density at radius 1 is 1.36 bits per heavy atom. The number of carbonyl (C=O) groups excluding carboxylic acids is 1. The third-order valence-corrected chi connectivity index (χ3v) is 5.22. The Balaban J connectivity index is 1.80. The summed E-state index contributed by atoms with van der Waals surface area (Å²) in [6, 6.07) is 3.79. The third-order valence-electron chi connectivity index (χ3n) is 4.68. The number of hydrogen-bond donors (Lipinski definition) is 1. The number of amides is 1. The summed E-state index contributed by atoms with van der Waals surface area (Å²) in [6.45, 7) is 1.96. The molecule has 0 aliphatic carbocycles. The van der Waals surface area contributed by atoms with E-state index in [9.17, 15) is 14.7 Å². The van der Waals surface area contributed by atoms with Crippen molar-refractivity contribution in [1.82, 2.24) is 9.88 Å². The number of carbonyl (C=O) groups is 2. The van der Waals surface area contributed by atoms with E-state index in [4.69, 9.17) is 0 Å². The fourth-order valence-corrected chi connectivity index (χ4v) is 3.95. The highest BCUT2D eigenvalue weighted by Crippen LogP contribution is 2.44. The van der Waals surface area contributed by atoms with Crippen molar-refractivity contribution in [3.05, 3.63) is 24.5 Å². The van der Waals surface area contributed by atoms with Gasteiger partial charge < -0.3 is 14.9 Å². The quantitative estimate of drug-likeness (QED) is 0.884. The van der Waals surface area contributed by atoms with E-state index in [2.05, 4.69) is 9.88 Å². The lowest BCUT2D eigenvalue weighted by Crippen LogP contribution is -2.42. The molecule has 1 amide bonds. The van der Waals surface area contributed by atoms with Crippen LogP contribution in [0.15, 0.2) is 24.5 Å². The van der Waals surface area contributed by atoms with Gasteiger partial charge >= 0.3 is 5.97 Å². The van der Waals surface area contributed by atoms with Crippen LogP contribution in [0.25, 0.3) is 0 Å². The topological polar surface area (TPSA) is 73.7 Å². The second kappa shape index (κ2) is 5.79. The van der Waals surface area contributed by atoms with Crippen molar-refractivity contribution in [2.75, 3.05) is 43.1 Å². The molecule has 0 bridgehead atoms. The molecule has 6 nitrogen and oxygen atoms in total. The number of carboxylic acid groups (broad SMARTS) is 1. The Hall–Kier alpha value is -1.76. The minimum Gasteiger partial charge on any atom is -0.481 e. The van der Waals surface area contributed by atoms with E-state index >= 15 is 0 Å². The third kappa shape index (κ3) is 2.43. The van der Waals surface area contributed by atoms with E-state index in [1.807, 2.05) is 18.4 Å². The van der Waals surface area contributed by atoms with Crippen LogP contribution in [0, 0.1) is 11.3 Å². The van der Waals surface area contributed by atoms with Gasteiger partial charge in [0, 0.05) is 50.2 Å². The molecule has 0 aromatic carbocycles. The highest BCUT2D eigenvalue weighted by Gasteiger charge is 2.58. The number of anilines is 1. The average Bonchev–Trinajstić information content (AvgIpc) is 3.03. The van der Waals surface area contributed by atoms with Crippen LogP contribution >= 0.6 is 11.8 Å². The number of likely N-dealkylation sites (tertiary alicyclic amines) is 1. The van der Waals surface area contributed by atoms with E-state index in [0.29, 0.717) is 31.9 Å². The highest BCUT2D eigenvalue weighted by molar-refractivity contribution is 7.99. The smallest absolute Gasteiger partial charge is 0.313 e. The van der Waals surface area contributed by atoms with Crippen molar-refractivity contribution < 1.29 is 14.7 Å². The maximum atomic E-state index is 12.1. The van der Waals surface area contributed by atoms with E-state index in [1.54, 1.807) is 17.3 Å². The second-order valence-corrected chi connectivity index (χ2v) is 6.82. The Morgan fingerprint density at radius 2 is 2.09 bits per heavy atom. The summed E-state index contributed by atoms with van der Waals surface area (Å²) >= 11 is 1.47. The minimum atomic E-state index is -0.850. The van der Waals surface area contributed by atoms with E-state index < -0.39 is 11.4 Å². The fourth-order valence-electron chi connectivity index (χ4n) is 3.52. The zero-order valence-corrected chi connectivity index (χ0v) is 13.3. The van der Waals surface area contributed by atoms with Crippen molar-refractivity contribution in [2.45, 2.75) is 0 Å². The number of fused-ring (bicyclic) bond motifs is 1. The highest BCUT2D eigenvalue weighted by atomic mass is 32.2. The summed E-state index contributed by atoms with van der Waals surface area (Å²) in [4.78, 5) is 31.8. The first-order chi connectivity index (χ1) is 10.6. The van der Waals surface area contributed by atoms with Crippen LogP contribution in [0.3, 0.4) is 0 Å². The molecule has 0 unspecified atom stereocenters. The number of nitrogens with zero attached hydrogens (tertiary/aromatic N) is 3. The predicted molar refractivity (Wildman–Crippen MR) is 85.0 cm³/mol. The fraction of sp³-hybridized carbons (Fsp3) is 0.533. The average molecular weight is 321 g/mol. The van der Waals surface area contributed by atoms with Crippen LogP contribution in [-0.2, 0) is 9.59 Å². The van der Waals surface area contributed by atoms with Gasteiger partial charge in [0.1, 0.15) is 5.41 Å². The first-order valence-electron chi connectivity index (χ1n) is 7.22. The van der Waals surface area contributed by atoms with Crippen molar-refractivity contribution in [2.24, 2.45) is 11.3 Å². The maximum Gasteiger partial charge on any atom is 0.313 e. The van der Waals surface area contributed by atoms with E-state index in [1.165, 1.54) is 11.8 Å². The van der Waals surface area contributed by atoms with Crippen molar-refractivity contribution in [1.29, 1.82) is 0 Å². The summed E-state index contributed by atoms with van der Waals surface area (Å²) in [7, 11) is 0. The van der Waals surface area contributed by atoms with Gasteiger partial charge in [-0.1, -0.05) is 0 Å². The van der Waals surface area contributed by atoms with Crippen LogP contribution in [0.1, 0.15) is 0 Å². The lowest BCUT2D eigenvalue weighted by Gasteiger charge is -2.26. The Labute approximate surface area is 133 Å². The SMILES string of the molecule is CSCC(=O)N1C[C@H]2CN(c3ccncc3)C[C@@]2(C(=O)O)C1. The number of hydrogen-bond acceptors (Lipinski definition) is 5. The van der Waals surface area contributed by atoms with Gasteiger partial charge in [0.05, 0.1) is 5.75 Å². The van der Waals surface area contributed by atoms with E-state index in [0.717, 1.165) is 5.69 Å². The Bertz CT molecular complexity index is 583. The summed E-state index contributed by atoms with van der Waals surface area (Å²) in [5.41, 5.74) is 0.143. The molecule has 2 aliphatic heterocycles. The lowest BCUT2D eigenvalue weighted by molar-refractivity contribution is -0.148. The summed E-state index contributed by atoms with van der Waals surface area (Å²) in [5, 5.41) is 9.79. The van der Waals surface area contributed by atoms with Gasteiger partial charge in [-0.05, 0) is 18.4 Å². The molecule has 118 valence electrons. The number of aromatic nitrogens is 1. The van der Waals surface area contributed by atoms with Crippen LogP contribution in [0.4, 0.5) is 5.69 Å². The van der Waals surface area contributed by atoms with Gasteiger partial charge in [0.25, 0.3) is 0 Å². The normalized spacial score (nSPS) is 27.0. The number of pyridine rings is 1. The maximum absolute atomic E-state index is 12.1. The van der Waals surface area contributed by atoms with E-state index in [-0.39, 0.29) is 11.8 Å². The van der Waals surface area contributed by atoms with Crippen molar-refractivity contribution in [3.63, 3.8) is 0 Å². The summed E-state index contributed by atoms with van der Waals surface area (Å²) in [5.74, 6) is -0.369. The van der Waals surface area contributed by atoms with Crippen molar-refractivity contribution >= 4 is 29.3 Å². The molecule has 0 saturated carbocycles. The van der Waals surface area contributed by atoms with Gasteiger partial charge in [-0.2, -0.15) is 11.8 Å². The van der Waals surface area contributed by atoms with Gasteiger partial charge in [0.15, 0.2) is 0 Å². The Kier molecular flexibility index (Phi) is 3.99. The molecule has 2 aliphatic rings. The van der Waals surface area contributed by atoms with Crippen LogP contribution in [0.5, 0.6) is 0 Å². The van der Waals surface area contributed by atoms with Crippen molar-refractivity contribution in [3.8, 4) is 0 Å². The monoisotopic (exact) mass is 321 g/mol. The van der Waals surface area contributed by atoms with Gasteiger partial charge in [-0.25, -0.2) is 0 Å². The predicted octanol–water partition coefficient (Wildman–Crippen LogP) is 0.794. The molecule has 22 heavy (non-hydrogen) atoms. The second-order valence-electron chi connectivity index (χ2n) is 5.95. The molecule has 0 spiro atoms. The largest absolute Gasteiger partial charge is 0.481 e. The number of thioether (sulfide) groups is 1. The number of carboxylic acids is 1. The number of aliphatic carboxylic acids is 1. The molecule has 0 radical (unpaired) electrons. The first kappa shape index (κ1) is 15.1. The molecule has 1 N–H and O–H groups in total.